The molecule has 0 N–H and O–H groups in total. The quantitative estimate of drug-likeness (QED) is 0.655. The van der Waals surface area contributed by atoms with Crippen molar-refractivity contribution in [3.63, 3.8) is 0 Å². The molecular formula is C9H8CoMoNiO. The number of allylic oxidation sites excluding steroid dienone is 1. The van der Waals surface area contributed by atoms with Gasteiger partial charge >= 0.3 is 0 Å². The van der Waals surface area contributed by atoms with Gasteiger partial charge in [-0.1, -0.05) is 18.2 Å². The summed E-state index contributed by atoms with van der Waals surface area (Å²) in [5, 5.41) is 0. The van der Waals surface area contributed by atoms with Crippen molar-refractivity contribution in [3.8, 4) is 5.75 Å². The second-order valence-electron chi connectivity index (χ2n) is 2.30. The number of hydrogen-bond acceptors (Lipinski definition) is 1. The van der Waals surface area contributed by atoms with Gasteiger partial charge in [-0.25, -0.2) is 0 Å². The van der Waals surface area contributed by atoms with Crippen molar-refractivity contribution in [1.82, 2.24) is 0 Å². The number of hydrogen-bond donors (Lipinski definition) is 0. The van der Waals surface area contributed by atoms with Crippen LogP contribution in [0.3, 0.4) is 0 Å². The topological polar surface area (TPSA) is 9.23 Å². The fraction of sp³-hybridized carbons (Fsp3) is 0.111. The van der Waals surface area contributed by atoms with Crippen LogP contribution in [0.4, 0.5) is 0 Å². The van der Waals surface area contributed by atoms with E-state index >= 15 is 0 Å². The third-order valence-electron chi connectivity index (χ3n) is 1.60. The first-order valence-corrected chi connectivity index (χ1v) is 3.36. The molecule has 13 heavy (non-hydrogen) atoms. The van der Waals surface area contributed by atoms with E-state index in [0.717, 1.165) is 12.2 Å². The summed E-state index contributed by atoms with van der Waals surface area (Å²) in [6, 6.07) is 8.08. The molecule has 1 aromatic carbocycles. The monoisotopic (exact) mass is 347 g/mol. The number of fused-ring (bicyclic) bond motifs is 1. The first-order valence-electron chi connectivity index (χ1n) is 3.36. The fourth-order valence-corrected chi connectivity index (χ4v) is 1.08. The molecule has 4 heteroatoms. The molecule has 1 aliphatic rings. The normalized spacial score (nSPS) is 10.8. The van der Waals surface area contributed by atoms with Gasteiger partial charge in [0.15, 0.2) is 0 Å². The van der Waals surface area contributed by atoms with Crippen LogP contribution in [0.25, 0.3) is 0 Å². The van der Waals surface area contributed by atoms with Gasteiger partial charge in [-0.15, -0.1) is 0 Å². The Kier molecular flexibility index (Phi) is 9.56. The molecule has 1 aromatic rings. The predicted molar refractivity (Wildman–Crippen MR) is 39.9 cm³/mol. The summed E-state index contributed by atoms with van der Waals surface area (Å²) in [7, 11) is 0. The van der Waals surface area contributed by atoms with E-state index < -0.39 is 0 Å². The maximum atomic E-state index is 5.24. The Morgan fingerprint density at radius 3 is 2.54 bits per heavy atom. The van der Waals surface area contributed by atoms with Gasteiger partial charge in [0.2, 0.25) is 0 Å². The zero-order valence-electron chi connectivity index (χ0n) is 6.64. The van der Waals surface area contributed by atoms with Gasteiger partial charge in [0, 0.05) is 54.3 Å². The molecule has 0 fully saturated rings. The van der Waals surface area contributed by atoms with E-state index in [2.05, 4.69) is 6.07 Å². The second-order valence-corrected chi connectivity index (χ2v) is 2.30. The molecule has 0 saturated carbocycles. The number of para-hydroxylation sites is 1. The Morgan fingerprint density at radius 2 is 1.85 bits per heavy atom. The van der Waals surface area contributed by atoms with Crippen LogP contribution in [-0.4, -0.2) is 0 Å². The molecule has 2 rings (SSSR count). The van der Waals surface area contributed by atoms with E-state index in [4.69, 9.17) is 4.74 Å². The largest absolute Gasteiger partial charge is 0.465 e. The van der Waals surface area contributed by atoms with Crippen molar-refractivity contribution >= 4 is 0 Å². The van der Waals surface area contributed by atoms with Crippen LogP contribution in [0, 0.1) is 0 Å². The van der Waals surface area contributed by atoms with E-state index in [1.807, 2.05) is 24.3 Å². The van der Waals surface area contributed by atoms with Gasteiger partial charge < -0.3 is 4.74 Å². The average Bonchev–Trinajstić information content (AvgIpc) is 2.05. The Morgan fingerprint density at radius 1 is 1.15 bits per heavy atom. The molecule has 1 aliphatic heterocycles. The summed E-state index contributed by atoms with van der Waals surface area (Å²) in [5.74, 6) is 0.991. The average molecular weight is 346 g/mol. The molecule has 1 heterocycles. The summed E-state index contributed by atoms with van der Waals surface area (Å²) >= 11 is 0. The molecule has 75 valence electrons. The van der Waals surface area contributed by atoms with Crippen LogP contribution < -0.4 is 4.74 Å². The zero-order valence-corrected chi connectivity index (χ0v) is 10.7. The Balaban J connectivity index is 0. The minimum absolute atomic E-state index is 0. The van der Waals surface area contributed by atoms with Crippen molar-refractivity contribution in [2.24, 2.45) is 0 Å². The van der Waals surface area contributed by atoms with Gasteiger partial charge in [0.05, 0.1) is 6.26 Å². The van der Waals surface area contributed by atoms with E-state index in [9.17, 15) is 0 Å². The van der Waals surface area contributed by atoms with Gasteiger partial charge in [-0.2, -0.15) is 0 Å². The molecule has 0 aromatic heterocycles. The molecule has 0 atom stereocenters. The van der Waals surface area contributed by atoms with Crippen molar-refractivity contribution in [2.45, 2.75) is 6.42 Å². The smallest absolute Gasteiger partial charge is 0.130 e. The van der Waals surface area contributed by atoms with Crippen LogP contribution in [0.15, 0.2) is 36.6 Å². The summed E-state index contributed by atoms with van der Waals surface area (Å²) in [6.45, 7) is 0. The molecule has 0 saturated heterocycles. The predicted octanol–water partition coefficient (Wildman–Crippen LogP) is 2.13. The molecule has 0 unspecified atom stereocenters. The maximum Gasteiger partial charge on any atom is 0.130 e. The number of rotatable bonds is 0. The first kappa shape index (κ1) is 15.9. The maximum absolute atomic E-state index is 5.24. The fourth-order valence-electron chi connectivity index (χ4n) is 1.08. The van der Waals surface area contributed by atoms with E-state index in [0.29, 0.717) is 0 Å². The van der Waals surface area contributed by atoms with Gasteiger partial charge in [0.1, 0.15) is 5.75 Å². The van der Waals surface area contributed by atoms with Crippen LogP contribution in [0.2, 0.25) is 0 Å². The molecule has 0 aliphatic carbocycles. The summed E-state index contributed by atoms with van der Waals surface area (Å²) in [5.41, 5.74) is 1.27. The number of benzene rings is 1. The summed E-state index contributed by atoms with van der Waals surface area (Å²) < 4.78 is 5.24. The first-order chi connectivity index (χ1) is 4.97. The Bertz CT molecular complexity index is 251. The molecule has 1 nitrogen and oxygen atoms in total. The number of ether oxygens (including phenoxy) is 1. The van der Waals surface area contributed by atoms with Crippen LogP contribution in [0.1, 0.15) is 5.56 Å². The third kappa shape index (κ3) is 3.99. The summed E-state index contributed by atoms with van der Waals surface area (Å²) in [6.07, 6.45) is 4.75. The Labute approximate surface area is 113 Å². The molecule has 0 amide bonds. The minimum atomic E-state index is 0. The molecule has 0 bridgehead atoms. The molecule has 1 radical (unpaired) electrons. The van der Waals surface area contributed by atoms with E-state index in [-0.39, 0.29) is 54.3 Å². The van der Waals surface area contributed by atoms with Crippen molar-refractivity contribution in [3.05, 3.63) is 42.2 Å². The second kappa shape index (κ2) is 7.82. The molecular weight excluding hydrogens is 338 g/mol. The van der Waals surface area contributed by atoms with Gasteiger partial charge in [-0.3, -0.25) is 0 Å². The van der Waals surface area contributed by atoms with E-state index in [1.165, 1.54) is 5.56 Å². The minimum Gasteiger partial charge on any atom is -0.465 e. The van der Waals surface area contributed by atoms with Crippen molar-refractivity contribution in [1.29, 1.82) is 0 Å². The van der Waals surface area contributed by atoms with E-state index in [1.54, 1.807) is 6.26 Å². The van der Waals surface area contributed by atoms with Crippen LogP contribution >= 0.6 is 0 Å². The van der Waals surface area contributed by atoms with Gasteiger partial charge in [0.25, 0.3) is 0 Å². The standard InChI is InChI=1S/C9H8O.Co.Mo.Ni/c1-2-6-9-8(4-1)5-3-7-10-9;;;/h1-4,6-7H,5H2;;;. The SMILES string of the molecule is C1=COc2ccccc2C1.[Co].[Mo].[Ni]. The van der Waals surface area contributed by atoms with Gasteiger partial charge in [-0.05, 0) is 24.1 Å². The van der Waals surface area contributed by atoms with Crippen LogP contribution in [0.5, 0.6) is 5.75 Å². The Hall–Kier alpha value is 0.448. The third-order valence-corrected chi connectivity index (χ3v) is 1.60. The van der Waals surface area contributed by atoms with Crippen LogP contribution in [-0.2, 0) is 60.8 Å². The summed E-state index contributed by atoms with van der Waals surface area (Å²) in [4.78, 5) is 0. The zero-order chi connectivity index (χ0) is 6.81. The van der Waals surface area contributed by atoms with Crippen molar-refractivity contribution < 1.29 is 59.1 Å². The molecule has 0 spiro atoms. The van der Waals surface area contributed by atoms with Crippen molar-refractivity contribution in [2.75, 3.05) is 0 Å².